The number of hydrogen-bond acceptors (Lipinski definition) is 4. The van der Waals surface area contributed by atoms with Crippen molar-refractivity contribution in [2.75, 3.05) is 14.2 Å². The van der Waals surface area contributed by atoms with Crippen LogP contribution < -0.4 is 20.1 Å². The van der Waals surface area contributed by atoms with Gasteiger partial charge in [-0.3, -0.25) is 9.59 Å². The highest BCUT2D eigenvalue weighted by Crippen LogP contribution is 2.27. The van der Waals surface area contributed by atoms with Crippen LogP contribution in [0, 0.1) is 5.82 Å². The summed E-state index contributed by atoms with van der Waals surface area (Å²) in [6.07, 6.45) is -0.332. The van der Waals surface area contributed by atoms with Crippen LogP contribution in [0.2, 0.25) is 0 Å². The van der Waals surface area contributed by atoms with Crippen molar-refractivity contribution in [3.05, 3.63) is 59.4 Å². The fraction of sp³-hybridized carbons (Fsp3) is 0.263. The smallest absolute Gasteiger partial charge is 0.229 e. The molecule has 2 aromatic rings. The topological polar surface area (TPSA) is 76.7 Å². The molecular weight excluding hydrogens is 339 g/mol. The summed E-state index contributed by atoms with van der Waals surface area (Å²) in [6, 6.07) is 11.4. The number of halogens is 1. The average molecular weight is 360 g/mol. The molecule has 2 amide bonds. The molecule has 7 heteroatoms. The van der Waals surface area contributed by atoms with Gasteiger partial charge in [0.25, 0.3) is 0 Å². The van der Waals surface area contributed by atoms with Crippen LogP contribution >= 0.6 is 0 Å². The van der Waals surface area contributed by atoms with Crippen molar-refractivity contribution in [1.29, 1.82) is 0 Å². The Hall–Kier alpha value is -3.09. The summed E-state index contributed by atoms with van der Waals surface area (Å²) in [4.78, 5) is 23.7. The summed E-state index contributed by atoms with van der Waals surface area (Å²) >= 11 is 0. The van der Waals surface area contributed by atoms with Gasteiger partial charge in [-0.15, -0.1) is 0 Å². The Kier molecular flexibility index (Phi) is 6.96. The van der Waals surface area contributed by atoms with Crippen molar-refractivity contribution in [1.82, 2.24) is 10.6 Å². The Morgan fingerprint density at radius 1 is 0.923 bits per heavy atom. The van der Waals surface area contributed by atoms with Crippen molar-refractivity contribution < 1.29 is 23.5 Å². The summed E-state index contributed by atoms with van der Waals surface area (Å²) in [5.74, 6) is -0.147. The SMILES string of the molecule is COc1ccc(CNC(=O)CC(=O)NCc2ccccc2F)cc1OC. The molecule has 2 N–H and O–H groups in total. The van der Waals surface area contributed by atoms with Crippen LogP contribution in [0.25, 0.3) is 0 Å². The molecule has 6 nitrogen and oxygen atoms in total. The second-order valence-corrected chi connectivity index (χ2v) is 5.51. The number of rotatable bonds is 8. The van der Waals surface area contributed by atoms with Gasteiger partial charge in [-0.1, -0.05) is 24.3 Å². The third-order valence-electron chi connectivity index (χ3n) is 3.69. The molecule has 2 aromatic carbocycles. The van der Waals surface area contributed by atoms with Crippen LogP contribution in [0.5, 0.6) is 11.5 Å². The van der Waals surface area contributed by atoms with E-state index in [9.17, 15) is 14.0 Å². The maximum atomic E-state index is 13.5. The number of nitrogens with one attached hydrogen (secondary N) is 2. The Morgan fingerprint density at radius 2 is 1.58 bits per heavy atom. The predicted octanol–water partition coefficient (Wildman–Crippen LogP) is 2.17. The Bertz CT molecular complexity index is 780. The van der Waals surface area contributed by atoms with Gasteiger partial charge in [0.1, 0.15) is 12.2 Å². The van der Waals surface area contributed by atoms with Crippen LogP contribution in [0.3, 0.4) is 0 Å². The van der Waals surface area contributed by atoms with Gasteiger partial charge >= 0.3 is 0 Å². The van der Waals surface area contributed by atoms with E-state index in [1.54, 1.807) is 43.5 Å². The number of carbonyl (C=O) groups is 2. The summed E-state index contributed by atoms with van der Waals surface area (Å²) in [5, 5.41) is 5.18. The van der Waals surface area contributed by atoms with Gasteiger partial charge in [0.15, 0.2) is 11.5 Å². The number of methoxy groups -OCH3 is 2. The van der Waals surface area contributed by atoms with Crippen molar-refractivity contribution in [2.45, 2.75) is 19.5 Å². The third kappa shape index (κ3) is 5.47. The molecule has 0 aliphatic carbocycles. The van der Waals surface area contributed by atoms with Crippen molar-refractivity contribution >= 4 is 11.8 Å². The van der Waals surface area contributed by atoms with Gasteiger partial charge in [0, 0.05) is 18.7 Å². The van der Waals surface area contributed by atoms with Crippen molar-refractivity contribution in [3.63, 3.8) is 0 Å². The fourth-order valence-corrected chi connectivity index (χ4v) is 2.30. The average Bonchev–Trinajstić information content (AvgIpc) is 2.65. The second kappa shape index (κ2) is 9.41. The molecule has 26 heavy (non-hydrogen) atoms. The molecule has 0 aliphatic heterocycles. The van der Waals surface area contributed by atoms with E-state index in [0.29, 0.717) is 17.1 Å². The van der Waals surface area contributed by atoms with Crippen LogP contribution in [0.15, 0.2) is 42.5 Å². The van der Waals surface area contributed by atoms with E-state index in [0.717, 1.165) is 5.56 Å². The molecule has 0 unspecified atom stereocenters. The van der Waals surface area contributed by atoms with E-state index < -0.39 is 17.6 Å². The van der Waals surface area contributed by atoms with E-state index in [-0.39, 0.29) is 19.5 Å². The Morgan fingerprint density at radius 3 is 2.23 bits per heavy atom. The van der Waals surface area contributed by atoms with Gasteiger partial charge in [0.2, 0.25) is 11.8 Å². The largest absolute Gasteiger partial charge is 0.493 e. The van der Waals surface area contributed by atoms with Crippen molar-refractivity contribution in [3.8, 4) is 11.5 Å². The molecule has 0 aromatic heterocycles. The van der Waals surface area contributed by atoms with E-state index in [1.807, 2.05) is 0 Å². The lowest BCUT2D eigenvalue weighted by Crippen LogP contribution is -2.31. The molecule has 0 saturated carbocycles. The molecule has 0 heterocycles. The maximum absolute atomic E-state index is 13.5. The van der Waals surface area contributed by atoms with E-state index in [2.05, 4.69) is 10.6 Å². The standard InChI is InChI=1S/C19H21FN2O4/c1-25-16-8-7-13(9-17(16)26-2)11-21-18(23)10-19(24)22-12-14-5-3-4-6-15(14)20/h3-9H,10-12H2,1-2H3,(H,21,23)(H,22,24). The Labute approximate surface area is 151 Å². The monoisotopic (exact) mass is 360 g/mol. The number of amides is 2. The van der Waals surface area contributed by atoms with Gasteiger partial charge in [0.05, 0.1) is 14.2 Å². The quantitative estimate of drug-likeness (QED) is 0.708. The van der Waals surface area contributed by atoms with Gasteiger partial charge in [-0.2, -0.15) is 0 Å². The van der Waals surface area contributed by atoms with E-state index in [1.165, 1.54) is 13.2 Å². The maximum Gasteiger partial charge on any atom is 0.229 e. The van der Waals surface area contributed by atoms with Gasteiger partial charge in [-0.25, -0.2) is 4.39 Å². The molecule has 0 radical (unpaired) electrons. The first-order valence-corrected chi connectivity index (χ1v) is 8.01. The van der Waals surface area contributed by atoms with Crippen molar-refractivity contribution in [2.24, 2.45) is 0 Å². The zero-order valence-electron chi connectivity index (χ0n) is 14.7. The molecule has 0 fully saturated rings. The summed E-state index contributed by atoms with van der Waals surface area (Å²) in [7, 11) is 3.07. The molecule has 0 aliphatic rings. The highest BCUT2D eigenvalue weighted by molar-refractivity contribution is 5.96. The van der Waals surface area contributed by atoms with Gasteiger partial charge in [-0.05, 0) is 23.8 Å². The molecule has 138 valence electrons. The lowest BCUT2D eigenvalue weighted by molar-refractivity contribution is -0.129. The first-order chi connectivity index (χ1) is 12.5. The minimum atomic E-state index is -0.474. The molecule has 0 bridgehead atoms. The fourth-order valence-electron chi connectivity index (χ4n) is 2.30. The number of carbonyl (C=O) groups excluding carboxylic acids is 2. The first kappa shape index (κ1) is 19.2. The molecule has 0 atom stereocenters. The lowest BCUT2D eigenvalue weighted by Gasteiger charge is -2.10. The molecule has 2 rings (SSSR count). The first-order valence-electron chi connectivity index (χ1n) is 8.01. The predicted molar refractivity (Wildman–Crippen MR) is 94.3 cm³/mol. The van der Waals surface area contributed by atoms with Gasteiger partial charge < -0.3 is 20.1 Å². The zero-order valence-corrected chi connectivity index (χ0v) is 14.7. The summed E-state index contributed by atoms with van der Waals surface area (Å²) in [6.45, 7) is 0.286. The normalized spacial score (nSPS) is 10.1. The number of ether oxygens (including phenoxy) is 2. The minimum absolute atomic E-state index is 0.0362. The zero-order chi connectivity index (χ0) is 18.9. The van der Waals surface area contributed by atoms with Crippen LogP contribution in [-0.2, 0) is 22.7 Å². The molecular formula is C19H21FN2O4. The van der Waals surface area contributed by atoms with E-state index in [4.69, 9.17) is 9.47 Å². The number of benzene rings is 2. The highest BCUT2D eigenvalue weighted by Gasteiger charge is 2.11. The van der Waals surface area contributed by atoms with Crippen LogP contribution in [-0.4, -0.2) is 26.0 Å². The van der Waals surface area contributed by atoms with Crippen LogP contribution in [0.4, 0.5) is 4.39 Å². The second-order valence-electron chi connectivity index (χ2n) is 5.51. The molecule has 0 saturated heterocycles. The summed E-state index contributed by atoms with van der Waals surface area (Å²) in [5.41, 5.74) is 1.18. The minimum Gasteiger partial charge on any atom is -0.493 e. The third-order valence-corrected chi connectivity index (χ3v) is 3.69. The molecule has 0 spiro atoms. The number of hydrogen-bond donors (Lipinski definition) is 2. The van der Waals surface area contributed by atoms with E-state index >= 15 is 0 Å². The lowest BCUT2D eigenvalue weighted by atomic mass is 10.2. The highest BCUT2D eigenvalue weighted by atomic mass is 19.1. The Balaban J connectivity index is 1.79. The summed E-state index contributed by atoms with van der Waals surface area (Å²) < 4.78 is 23.8. The van der Waals surface area contributed by atoms with Crippen LogP contribution in [0.1, 0.15) is 17.5 Å².